The minimum atomic E-state index is -0.395. The Morgan fingerprint density at radius 2 is 2.04 bits per heavy atom. The fourth-order valence-electron chi connectivity index (χ4n) is 2.04. The van der Waals surface area contributed by atoms with E-state index < -0.39 is 4.92 Å². The summed E-state index contributed by atoms with van der Waals surface area (Å²) in [6.07, 6.45) is 2.20. The molecule has 0 bridgehead atoms. The normalized spacial score (nSPS) is 11.3. The summed E-state index contributed by atoms with van der Waals surface area (Å²) in [5.74, 6) is 0.759. The van der Waals surface area contributed by atoms with E-state index in [9.17, 15) is 10.1 Å². The van der Waals surface area contributed by atoms with Crippen LogP contribution in [0.15, 0.2) is 46.8 Å². The van der Waals surface area contributed by atoms with Gasteiger partial charge >= 0.3 is 0 Å². The monoisotopic (exact) mass is 346 g/mol. The molecule has 0 atom stereocenters. The topological polar surface area (TPSA) is 79.6 Å². The van der Waals surface area contributed by atoms with Gasteiger partial charge in [-0.3, -0.25) is 10.1 Å². The smallest absolute Gasteiger partial charge is 0.269 e. The molecule has 0 unspecified atom stereocenters. The van der Waals surface area contributed by atoms with E-state index in [-0.39, 0.29) is 5.69 Å². The molecule has 0 spiro atoms. The maximum Gasteiger partial charge on any atom is 0.269 e. The Kier molecular flexibility index (Phi) is 7.22. The zero-order chi connectivity index (χ0) is 17.2. The fourth-order valence-corrected chi connectivity index (χ4v) is 2.68. The largest absolute Gasteiger partial charge is 0.356 e. The number of nitrogens with one attached hydrogen (secondary N) is 2. The van der Waals surface area contributed by atoms with Crippen LogP contribution in [0.25, 0.3) is 0 Å². The molecule has 6 nitrogen and oxygen atoms in total. The first-order chi connectivity index (χ1) is 11.7. The molecule has 0 amide bonds. The van der Waals surface area contributed by atoms with Crippen LogP contribution >= 0.6 is 11.3 Å². The Morgan fingerprint density at radius 3 is 2.67 bits per heavy atom. The zero-order valence-electron chi connectivity index (χ0n) is 13.7. The highest BCUT2D eigenvalue weighted by Crippen LogP contribution is 2.12. The van der Waals surface area contributed by atoms with Crippen LogP contribution in [0.5, 0.6) is 0 Å². The quantitative estimate of drug-likeness (QED) is 0.251. The van der Waals surface area contributed by atoms with Gasteiger partial charge in [-0.25, -0.2) is 4.99 Å². The second-order valence-electron chi connectivity index (χ2n) is 5.30. The molecule has 0 fully saturated rings. The van der Waals surface area contributed by atoms with Crippen molar-refractivity contribution in [2.45, 2.75) is 32.9 Å². The molecule has 0 aliphatic carbocycles. The van der Waals surface area contributed by atoms with Crippen LogP contribution in [0.1, 0.15) is 30.2 Å². The van der Waals surface area contributed by atoms with Gasteiger partial charge in [0, 0.05) is 23.6 Å². The number of hydrogen-bond acceptors (Lipinski definition) is 4. The summed E-state index contributed by atoms with van der Waals surface area (Å²) in [5.41, 5.74) is 1.04. The van der Waals surface area contributed by atoms with E-state index in [1.165, 1.54) is 17.0 Å². The number of aliphatic imine (C=N–C) groups is 1. The Balaban J connectivity index is 1.95. The van der Waals surface area contributed by atoms with Gasteiger partial charge in [0.05, 0.1) is 18.0 Å². The van der Waals surface area contributed by atoms with Gasteiger partial charge in [-0.1, -0.05) is 31.5 Å². The molecule has 2 N–H and O–H groups in total. The van der Waals surface area contributed by atoms with Gasteiger partial charge < -0.3 is 10.6 Å². The van der Waals surface area contributed by atoms with Crippen molar-refractivity contribution in [1.82, 2.24) is 10.6 Å². The molecule has 0 saturated carbocycles. The predicted octanol–water partition coefficient (Wildman–Crippen LogP) is 3.69. The number of hydrogen-bond donors (Lipinski definition) is 2. The molecular weight excluding hydrogens is 324 g/mol. The Labute approximate surface area is 145 Å². The average Bonchev–Trinajstić information content (AvgIpc) is 3.11. The lowest BCUT2D eigenvalue weighted by molar-refractivity contribution is -0.384. The van der Waals surface area contributed by atoms with Crippen LogP contribution in [-0.4, -0.2) is 17.4 Å². The number of thiophene rings is 1. The summed E-state index contributed by atoms with van der Waals surface area (Å²) in [7, 11) is 0. The van der Waals surface area contributed by atoms with E-state index in [0.717, 1.165) is 37.5 Å². The van der Waals surface area contributed by atoms with Crippen molar-refractivity contribution in [2.24, 2.45) is 4.99 Å². The Morgan fingerprint density at radius 1 is 1.25 bits per heavy atom. The molecule has 7 heteroatoms. The van der Waals surface area contributed by atoms with Crippen LogP contribution in [-0.2, 0) is 13.1 Å². The van der Waals surface area contributed by atoms with Gasteiger partial charge in [-0.2, -0.15) is 0 Å². The lowest BCUT2D eigenvalue weighted by Crippen LogP contribution is -2.37. The molecule has 1 aromatic carbocycles. The third-order valence-corrected chi connectivity index (χ3v) is 4.28. The molecule has 24 heavy (non-hydrogen) atoms. The van der Waals surface area contributed by atoms with E-state index in [4.69, 9.17) is 0 Å². The van der Waals surface area contributed by atoms with Crippen LogP contribution < -0.4 is 10.6 Å². The average molecular weight is 346 g/mol. The van der Waals surface area contributed by atoms with Gasteiger partial charge in [-0.05, 0) is 23.4 Å². The number of benzene rings is 1. The third kappa shape index (κ3) is 6.00. The molecule has 1 heterocycles. The van der Waals surface area contributed by atoms with E-state index >= 15 is 0 Å². The van der Waals surface area contributed by atoms with Crippen LogP contribution in [0, 0.1) is 10.1 Å². The molecule has 0 saturated heterocycles. The lowest BCUT2D eigenvalue weighted by atomic mass is 10.2. The summed E-state index contributed by atoms with van der Waals surface area (Å²) >= 11 is 1.70. The lowest BCUT2D eigenvalue weighted by Gasteiger charge is -2.11. The Hall–Kier alpha value is -2.41. The summed E-state index contributed by atoms with van der Waals surface area (Å²) in [6.45, 7) is 4.22. The minimum absolute atomic E-state index is 0.0971. The number of guanidine groups is 1. The summed E-state index contributed by atoms with van der Waals surface area (Å²) in [5, 5.41) is 19.4. The number of nitrogens with zero attached hydrogens (tertiary/aromatic N) is 2. The second-order valence-corrected chi connectivity index (χ2v) is 6.33. The van der Waals surface area contributed by atoms with Gasteiger partial charge in [0.1, 0.15) is 0 Å². The van der Waals surface area contributed by atoms with E-state index in [2.05, 4.69) is 34.0 Å². The van der Waals surface area contributed by atoms with Crippen molar-refractivity contribution in [3.05, 3.63) is 62.3 Å². The molecule has 0 radical (unpaired) electrons. The molecule has 0 aliphatic rings. The minimum Gasteiger partial charge on any atom is -0.356 e. The maximum absolute atomic E-state index is 10.7. The van der Waals surface area contributed by atoms with Crippen molar-refractivity contribution in [2.75, 3.05) is 6.54 Å². The zero-order valence-corrected chi connectivity index (χ0v) is 14.5. The number of nitro benzene ring substituents is 1. The van der Waals surface area contributed by atoms with Gasteiger partial charge in [0.2, 0.25) is 0 Å². The maximum atomic E-state index is 10.7. The van der Waals surface area contributed by atoms with Crippen molar-refractivity contribution in [1.29, 1.82) is 0 Å². The summed E-state index contributed by atoms with van der Waals surface area (Å²) in [4.78, 5) is 16.1. The van der Waals surface area contributed by atoms with Crippen molar-refractivity contribution >= 4 is 23.0 Å². The number of unbranched alkanes of at least 4 members (excludes halogenated alkanes) is 1. The molecule has 2 aromatic rings. The van der Waals surface area contributed by atoms with Crippen LogP contribution in [0.4, 0.5) is 5.69 Å². The van der Waals surface area contributed by atoms with Crippen molar-refractivity contribution < 1.29 is 4.92 Å². The standard InChI is InChI=1S/C17H22N4O2S/c1-2-3-10-18-17(20-13-16-5-4-11-24-16)19-12-14-6-8-15(9-7-14)21(22)23/h4-9,11H,2-3,10,12-13H2,1H3,(H2,18,19,20). The van der Waals surface area contributed by atoms with Crippen molar-refractivity contribution in [3.8, 4) is 0 Å². The van der Waals surface area contributed by atoms with E-state index in [1.54, 1.807) is 23.5 Å². The number of rotatable bonds is 8. The highest BCUT2D eigenvalue weighted by Gasteiger charge is 2.04. The van der Waals surface area contributed by atoms with Gasteiger partial charge in [0.25, 0.3) is 5.69 Å². The first-order valence-corrected chi connectivity index (χ1v) is 8.85. The van der Waals surface area contributed by atoms with Gasteiger partial charge in [-0.15, -0.1) is 11.3 Å². The highest BCUT2D eigenvalue weighted by molar-refractivity contribution is 7.09. The first-order valence-electron chi connectivity index (χ1n) is 7.97. The third-order valence-electron chi connectivity index (χ3n) is 3.40. The SMILES string of the molecule is CCCCNC(=NCc1ccc([N+](=O)[O-])cc1)NCc1cccs1. The number of nitro groups is 1. The Bertz CT molecular complexity index is 654. The van der Waals surface area contributed by atoms with Gasteiger partial charge in [0.15, 0.2) is 5.96 Å². The molecule has 2 rings (SSSR count). The summed E-state index contributed by atoms with van der Waals surface area (Å²) in [6, 6.07) is 10.6. The second kappa shape index (κ2) is 9.67. The fraction of sp³-hybridized carbons (Fsp3) is 0.353. The van der Waals surface area contributed by atoms with Crippen molar-refractivity contribution in [3.63, 3.8) is 0 Å². The number of non-ortho nitro benzene ring substituents is 1. The van der Waals surface area contributed by atoms with E-state index in [0.29, 0.717) is 6.54 Å². The molecule has 1 aromatic heterocycles. The molecular formula is C17H22N4O2S. The van der Waals surface area contributed by atoms with Crippen LogP contribution in [0.2, 0.25) is 0 Å². The molecule has 0 aliphatic heterocycles. The summed E-state index contributed by atoms with van der Waals surface area (Å²) < 4.78 is 0. The predicted molar refractivity (Wildman–Crippen MR) is 98.3 cm³/mol. The first kappa shape index (κ1) is 17.9. The van der Waals surface area contributed by atoms with E-state index in [1.807, 2.05) is 6.07 Å². The van der Waals surface area contributed by atoms with Crippen LogP contribution in [0.3, 0.4) is 0 Å². The molecule has 128 valence electrons. The highest BCUT2D eigenvalue weighted by atomic mass is 32.1.